The van der Waals surface area contributed by atoms with E-state index >= 15 is 0 Å². The molecular formula is C17H25N3O. The second-order valence-corrected chi connectivity index (χ2v) is 6.20. The lowest BCUT2D eigenvalue weighted by Gasteiger charge is -2.29. The van der Waals surface area contributed by atoms with Crippen molar-refractivity contribution in [1.82, 2.24) is 14.9 Å². The Labute approximate surface area is 126 Å². The molecule has 1 fully saturated rings. The molecule has 1 aliphatic rings. The van der Waals surface area contributed by atoms with Crippen LogP contribution >= 0.6 is 0 Å². The van der Waals surface area contributed by atoms with Crippen LogP contribution < -0.4 is 5.32 Å². The van der Waals surface area contributed by atoms with Gasteiger partial charge in [-0.15, -0.1) is 0 Å². The molecule has 0 saturated carbocycles. The first-order valence-electron chi connectivity index (χ1n) is 7.95. The van der Waals surface area contributed by atoms with Crippen molar-refractivity contribution in [3.8, 4) is 0 Å². The lowest BCUT2D eigenvalue weighted by atomic mass is 9.95. The Morgan fingerprint density at radius 3 is 2.95 bits per heavy atom. The SMILES string of the molecule is CCCn1c(CNC2(C)CCOC2C)nc2ccccc21. The van der Waals surface area contributed by atoms with Gasteiger partial charge in [-0.2, -0.15) is 0 Å². The highest BCUT2D eigenvalue weighted by Gasteiger charge is 2.36. The van der Waals surface area contributed by atoms with Crippen molar-refractivity contribution < 1.29 is 4.74 Å². The molecule has 4 nitrogen and oxygen atoms in total. The number of fused-ring (bicyclic) bond motifs is 1. The number of hydrogen-bond acceptors (Lipinski definition) is 3. The van der Waals surface area contributed by atoms with Crippen LogP contribution in [0, 0.1) is 0 Å². The first kappa shape index (κ1) is 14.5. The third-order valence-electron chi connectivity index (χ3n) is 4.72. The van der Waals surface area contributed by atoms with E-state index in [0.29, 0.717) is 0 Å². The van der Waals surface area contributed by atoms with Gasteiger partial charge < -0.3 is 14.6 Å². The van der Waals surface area contributed by atoms with Crippen LogP contribution in [-0.2, 0) is 17.8 Å². The van der Waals surface area contributed by atoms with E-state index in [2.05, 4.69) is 54.9 Å². The number of benzene rings is 1. The molecule has 1 N–H and O–H groups in total. The normalized spacial score (nSPS) is 25.8. The molecule has 2 heterocycles. The van der Waals surface area contributed by atoms with E-state index in [4.69, 9.17) is 9.72 Å². The fourth-order valence-corrected chi connectivity index (χ4v) is 3.08. The van der Waals surface area contributed by atoms with Crippen molar-refractivity contribution in [2.45, 2.75) is 58.3 Å². The molecule has 4 heteroatoms. The van der Waals surface area contributed by atoms with Crippen molar-refractivity contribution in [2.75, 3.05) is 6.61 Å². The van der Waals surface area contributed by atoms with Gasteiger partial charge in [-0.05, 0) is 38.8 Å². The molecular weight excluding hydrogens is 262 g/mol. The summed E-state index contributed by atoms with van der Waals surface area (Å²) in [4.78, 5) is 4.81. The molecule has 3 rings (SSSR count). The number of para-hydroxylation sites is 2. The first-order valence-corrected chi connectivity index (χ1v) is 7.95. The molecule has 1 aliphatic heterocycles. The van der Waals surface area contributed by atoms with Gasteiger partial charge in [0, 0.05) is 18.7 Å². The largest absolute Gasteiger partial charge is 0.377 e. The Balaban J connectivity index is 1.84. The number of hydrogen-bond donors (Lipinski definition) is 1. The predicted octanol–water partition coefficient (Wildman–Crippen LogP) is 3.10. The van der Waals surface area contributed by atoms with Crippen molar-refractivity contribution >= 4 is 11.0 Å². The molecule has 0 amide bonds. The molecule has 2 aromatic rings. The summed E-state index contributed by atoms with van der Waals surface area (Å²) in [5.41, 5.74) is 2.37. The summed E-state index contributed by atoms with van der Waals surface area (Å²) < 4.78 is 8.04. The van der Waals surface area contributed by atoms with E-state index in [1.54, 1.807) is 0 Å². The highest BCUT2D eigenvalue weighted by molar-refractivity contribution is 5.75. The van der Waals surface area contributed by atoms with Gasteiger partial charge in [0.05, 0.1) is 23.7 Å². The fourth-order valence-electron chi connectivity index (χ4n) is 3.08. The minimum atomic E-state index is 0.0508. The van der Waals surface area contributed by atoms with Gasteiger partial charge in [0.15, 0.2) is 0 Å². The summed E-state index contributed by atoms with van der Waals surface area (Å²) in [7, 11) is 0. The highest BCUT2D eigenvalue weighted by atomic mass is 16.5. The summed E-state index contributed by atoms with van der Waals surface area (Å²) in [5.74, 6) is 1.12. The van der Waals surface area contributed by atoms with Gasteiger partial charge in [0.2, 0.25) is 0 Å². The van der Waals surface area contributed by atoms with Crippen LogP contribution in [0.3, 0.4) is 0 Å². The lowest BCUT2D eigenvalue weighted by Crippen LogP contribution is -2.47. The Hall–Kier alpha value is -1.39. The average molecular weight is 287 g/mol. The summed E-state index contributed by atoms with van der Waals surface area (Å²) >= 11 is 0. The smallest absolute Gasteiger partial charge is 0.123 e. The minimum Gasteiger partial charge on any atom is -0.377 e. The number of ether oxygens (including phenoxy) is 1. The average Bonchev–Trinajstić information content (AvgIpc) is 3.00. The number of rotatable bonds is 5. The molecule has 1 aromatic carbocycles. The zero-order valence-corrected chi connectivity index (χ0v) is 13.2. The van der Waals surface area contributed by atoms with Crippen LogP contribution in [0.5, 0.6) is 0 Å². The van der Waals surface area contributed by atoms with E-state index in [-0.39, 0.29) is 11.6 Å². The molecule has 0 spiro atoms. The molecule has 21 heavy (non-hydrogen) atoms. The molecule has 1 aromatic heterocycles. The van der Waals surface area contributed by atoms with Gasteiger partial charge in [0.25, 0.3) is 0 Å². The third kappa shape index (κ3) is 2.70. The summed E-state index contributed by atoms with van der Waals surface area (Å²) in [6.07, 6.45) is 2.42. The van der Waals surface area contributed by atoms with Crippen LogP contribution in [0.1, 0.15) is 39.4 Å². The quantitative estimate of drug-likeness (QED) is 0.918. The topological polar surface area (TPSA) is 39.1 Å². The maximum atomic E-state index is 5.70. The van der Waals surface area contributed by atoms with Gasteiger partial charge in [0.1, 0.15) is 5.82 Å². The Bertz CT molecular complexity index is 622. The van der Waals surface area contributed by atoms with Gasteiger partial charge in [-0.3, -0.25) is 0 Å². The Morgan fingerprint density at radius 1 is 1.43 bits per heavy atom. The third-order valence-corrected chi connectivity index (χ3v) is 4.72. The Morgan fingerprint density at radius 2 is 2.24 bits per heavy atom. The zero-order valence-electron chi connectivity index (χ0n) is 13.2. The van der Waals surface area contributed by atoms with E-state index < -0.39 is 0 Å². The van der Waals surface area contributed by atoms with E-state index in [9.17, 15) is 0 Å². The summed E-state index contributed by atoms with van der Waals surface area (Å²) in [5, 5.41) is 3.68. The standard InChI is InChI=1S/C17H25N3O/c1-4-10-20-15-8-6-5-7-14(15)19-16(20)12-18-17(3)9-11-21-13(17)2/h5-8,13,18H,4,9-12H2,1-3H3. The molecule has 0 bridgehead atoms. The number of nitrogens with zero attached hydrogens (tertiary/aromatic N) is 2. The van der Waals surface area contributed by atoms with E-state index in [1.807, 2.05) is 0 Å². The van der Waals surface area contributed by atoms with Gasteiger partial charge in [-0.1, -0.05) is 19.1 Å². The summed E-state index contributed by atoms with van der Waals surface area (Å²) in [6, 6.07) is 8.39. The molecule has 1 saturated heterocycles. The zero-order chi connectivity index (χ0) is 14.9. The second kappa shape index (κ2) is 5.78. The van der Waals surface area contributed by atoms with Gasteiger partial charge in [-0.25, -0.2) is 4.98 Å². The first-order chi connectivity index (χ1) is 10.1. The van der Waals surface area contributed by atoms with Crippen molar-refractivity contribution in [2.24, 2.45) is 0 Å². The van der Waals surface area contributed by atoms with Crippen LogP contribution in [-0.4, -0.2) is 27.8 Å². The predicted molar refractivity (Wildman–Crippen MR) is 85.3 cm³/mol. The maximum absolute atomic E-state index is 5.70. The van der Waals surface area contributed by atoms with Crippen LogP contribution in [0.4, 0.5) is 0 Å². The monoisotopic (exact) mass is 287 g/mol. The molecule has 0 radical (unpaired) electrons. The van der Waals surface area contributed by atoms with Gasteiger partial charge >= 0.3 is 0 Å². The summed E-state index contributed by atoms with van der Waals surface area (Å²) in [6.45, 7) is 9.25. The van der Waals surface area contributed by atoms with Crippen LogP contribution in [0.15, 0.2) is 24.3 Å². The van der Waals surface area contributed by atoms with Crippen molar-refractivity contribution in [1.29, 1.82) is 0 Å². The maximum Gasteiger partial charge on any atom is 0.123 e. The molecule has 2 atom stereocenters. The number of nitrogens with one attached hydrogen (secondary N) is 1. The van der Waals surface area contributed by atoms with E-state index in [1.165, 1.54) is 5.52 Å². The van der Waals surface area contributed by atoms with Crippen molar-refractivity contribution in [3.05, 3.63) is 30.1 Å². The van der Waals surface area contributed by atoms with E-state index in [0.717, 1.165) is 43.9 Å². The number of imidazole rings is 1. The lowest BCUT2D eigenvalue weighted by molar-refractivity contribution is 0.0878. The molecule has 0 aliphatic carbocycles. The van der Waals surface area contributed by atoms with Crippen molar-refractivity contribution in [3.63, 3.8) is 0 Å². The van der Waals surface area contributed by atoms with Crippen LogP contribution in [0.25, 0.3) is 11.0 Å². The molecule has 2 unspecified atom stereocenters. The Kier molecular flexibility index (Phi) is 4.00. The number of aryl methyl sites for hydroxylation is 1. The molecule has 114 valence electrons. The minimum absolute atomic E-state index is 0.0508. The fraction of sp³-hybridized carbons (Fsp3) is 0.588. The second-order valence-electron chi connectivity index (χ2n) is 6.20. The highest BCUT2D eigenvalue weighted by Crippen LogP contribution is 2.26. The number of aromatic nitrogens is 2. The van der Waals surface area contributed by atoms with Crippen LogP contribution in [0.2, 0.25) is 0 Å².